The van der Waals surface area contributed by atoms with E-state index in [0.29, 0.717) is 0 Å². The van der Waals surface area contributed by atoms with E-state index in [-0.39, 0.29) is 16.8 Å². The van der Waals surface area contributed by atoms with Crippen LogP contribution in [0.15, 0.2) is 4.40 Å². The van der Waals surface area contributed by atoms with Gasteiger partial charge in [-0.15, -0.1) is 0 Å². The highest BCUT2D eigenvalue weighted by molar-refractivity contribution is 7.91. The van der Waals surface area contributed by atoms with Gasteiger partial charge in [0.25, 0.3) is 0 Å². The summed E-state index contributed by atoms with van der Waals surface area (Å²) in [5, 5.41) is 0. The Balaban J connectivity index is 2.90. The second kappa shape index (κ2) is 5.69. The first-order valence-corrected chi connectivity index (χ1v) is 7.10. The molecule has 5 heteroatoms. The van der Waals surface area contributed by atoms with Gasteiger partial charge in [0.1, 0.15) is 21.8 Å². The zero-order valence-electron chi connectivity index (χ0n) is 11.5. The third kappa shape index (κ3) is 3.44. The van der Waals surface area contributed by atoms with Crippen molar-refractivity contribution in [1.82, 2.24) is 0 Å². The van der Waals surface area contributed by atoms with E-state index in [9.17, 15) is 4.55 Å². The fourth-order valence-electron chi connectivity index (χ4n) is 1.74. The monoisotopic (exact) mass is 261 g/mol. The van der Waals surface area contributed by atoms with Crippen molar-refractivity contribution in [1.29, 1.82) is 0 Å². The molecular weight excluding hydrogens is 238 g/mol. The Kier molecular flexibility index (Phi) is 5.01. The van der Waals surface area contributed by atoms with Gasteiger partial charge in [-0.1, -0.05) is 18.2 Å². The summed E-state index contributed by atoms with van der Waals surface area (Å²) in [5.41, 5.74) is 0.771. The van der Waals surface area contributed by atoms with Gasteiger partial charge in [-0.05, 0) is 27.2 Å². The maximum absolute atomic E-state index is 12.0. The third-order valence-electron chi connectivity index (χ3n) is 2.89. The Morgan fingerprint density at radius 3 is 2.47 bits per heavy atom. The molecule has 4 nitrogen and oxygen atoms in total. The van der Waals surface area contributed by atoms with Crippen molar-refractivity contribution in [3.8, 4) is 0 Å². The van der Waals surface area contributed by atoms with Gasteiger partial charge in [-0.3, -0.25) is 0 Å². The fraction of sp³-hybridized carbons (Fsp3) is 0.917. The minimum Gasteiger partial charge on any atom is -0.591 e. The van der Waals surface area contributed by atoms with E-state index in [2.05, 4.69) is 11.3 Å². The predicted molar refractivity (Wildman–Crippen MR) is 70.5 cm³/mol. The maximum atomic E-state index is 12.0. The summed E-state index contributed by atoms with van der Waals surface area (Å²) in [6, 6.07) is 0. The summed E-state index contributed by atoms with van der Waals surface area (Å²) in [5.74, 6) is 0.163. The van der Waals surface area contributed by atoms with Crippen LogP contribution in [-0.2, 0) is 20.8 Å². The highest BCUT2D eigenvalue weighted by Gasteiger charge is 2.41. The number of rotatable bonds is 3. The lowest BCUT2D eigenvalue weighted by atomic mass is 10.0. The first kappa shape index (κ1) is 15.0. The number of ether oxygens (including phenoxy) is 2. The number of hydrogen-bond acceptors (Lipinski definition) is 4. The van der Waals surface area contributed by atoms with Crippen LogP contribution in [-0.4, -0.2) is 34.5 Å². The lowest BCUT2D eigenvalue weighted by Crippen LogP contribution is -2.30. The van der Waals surface area contributed by atoms with Gasteiger partial charge in [0.15, 0.2) is 0 Å². The molecule has 0 radical (unpaired) electrons. The standard InChI is InChI=1S/C12H23NO3S/c1-7-9-8(2)10(11(15-6)16-9)13-17(14)12(3,4)5/h8-9,11H,7H2,1-6H3/b13-10-/t8-,9-,11+,17?/m1/s1. The Morgan fingerprint density at radius 1 is 1.47 bits per heavy atom. The van der Waals surface area contributed by atoms with Gasteiger partial charge in [0, 0.05) is 13.0 Å². The fourth-order valence-corrected chi connectivity index (χ4v) is 2.45. The summed E-state index contributed by atoms with van der Waals surface area (Å²) >= 11 is -1.26. The summed E-state index contributed by atoms with van der Waals surface area (Å²) in [6.45, 7) is 9.84. The Hall–Kier alpha value is -0.100. The van der Waals surface area contributed by atoms with Crippen LogP contribution in [0.5, 0.6) is 0 Å². The molecule has 0 saturated carbocycles. The topological polar surface area (TPSA) is 53.9 Å². The smallest absolute Gasteiger partial charge is 0.201 e. The van der Waals surface area contributed by atoms with Crippen molar-refractivity contribution in [3.63, 3.8) is 0 Å². The van der Waals surface area contributed by atoms with Gasteiger partial charge in [-0.2, -0.15) is 0 Å². The van der Waals surface area contributed by atoms with Crippen LogP contribution in [0.3, 0.4) is 0 Å². The van der Waals surface area contributed by atoms with Crippen LogP contribution in [0.2, 0.25) is 0 Å². The van der Waals surface area contributed by atoms with Crippen LogP contribution in [0.1, 0.15) is 41.0 Å². The molecule has 1 saturated heterocycles. The zero-order chi connectivity index (χ0) is 13.2. The van der Waals surface area contributed by atoms with Crippen molar-refractivity contribution in [2.24, 2.45) is 10.3 Å². The second-order valence-corrected chi connectivity index (χ2v) is 7.22. The van der Waals surface area contributed by atoms with Crippen LogP contribution in [0, 0.1) is 5.92 Å². The Morgan fingerprint density at radius 2 is 2.06 bits per heavy atom. The molecule has 1 unspecified atom stereocenters. The van der Waals surface area contributed by atoms with E-state index in [1.807, 2.05) is 27.7 Å². The Bertz CT molecular complexity index is 284. The van der Waals surface area contributed by atoms with Gasteiger partial charge >= 0.3 is 0 Å². The van der Waals surface area contributed by atoms with Gasteiger partial charge < -0.3 is 14.0 Å². The molecule has 0 aromatic rings. The molecule has 1 fully saturated rings. The molecule has 0 bridgehead atoms. The molecule has 1 heterocycles. The molecule has 1 rings (SSSR count). The summed E-state index contributed by atoms with van der Waals surface area (Å²) < 4.78 is 27.0. The lowest BCUT2D eigenvalue weighted by Gasteiger charge is -2.20. The van der Waals surface area contributed by atoms with E-state index in [4.69, 9.17) is 9.47 Å². The minimum atomic E-state index is -1.26. The average molecular weight is 261 g/mol. The van der Waals surface area contributed by atoms with Crippen molar-refractivity contribution in [3.05, 3.63) is 0 Å². The van der Waals surface area contributed by atoms with Crippen LogP contribution >= 0.6 is 0 Å². The van der Waals surface area contributed by atoms with Gasteiger partial charge in [0.2, 0.25) is 6.29 Å². The molecule has 0 aromatic heterocycles. The molecule has 1 aliphatic rings. The second-order valence-electron chi connectivity index (χ2n) is 5.32. The van der Waals surface area contributed by atoms with Crippen LogP contribution in [0.25, 0.3) is 0 Å². The van der Waals surface area contributed by atoms with Crippen molar-refractivity contribution >= 4 is 17.1 Å². The highest BCUT2D eigenvalue weighted by atomic mass is 32.2. The normalized spacial score (nSPS) is 34.3. The summed E-state index contributed by atoms with van der Waals surface area (Å²) in [7, 11) is 1.59. The molecule has 0 aliphatic carbocycles. The van der Waals surface area contributed by atoms with Gasteiger partial charge in [0.05, 0.1) is 6.10 Å². The molecule has 100 valence electrons. The molecule has 0 N–H and O–H groups in total. The molecular formula is C12H23NO3S. The number of hydrogen-bond donors (Lipinski definition) is 0. The van der Waals surface area contributed by atoms with Gasteiger partial charge in [-0.25, -0.2) is 0 Å². The molecule has 0 spiro atoms. The third-order valence-corrected chi connectivity index (χ3v) is 4.32. The predicted octanol–water partition coefficient (Wildman–Crippen LogP) is 2.31. The maximum Gasteiger partial charge on any atom is 0.201 e. The minimum absolute atomic E-state index is 0.107. The van der Waals surface area contributed by atoms with E-state index in [1.165, 1.54) is 0 Å². The Labute approximate surface area is 107 Å². The van der Waals surface area contributed by atoms with E-state index < -0.39 is 17.7 Å². The summed E-state index contributed by atoms with van der Waals surface area (Å²) in [6.07, 6.45) is 0.569. The van der Waals surface area contributed by atoms with Crippen molar-refractivity contribution in [2.45, 2.75) is 58.2 Å². The molecule has 0 aromatic carbocycles. The highest BCUT2D eigenvalue weighted by Crippen LogP contribution is 2.29. The average Bonchev–Trinajstić information content (AvgIpc) is 2.54. The first-order chi connectivity index (χ1) is 7.81. The van der Waals surface area contributed by atoms with Crippen molar-refractivity contribution in [2.75, 3.05) is 7.11 Å². The van der Waals surface area contributed by atoms with Crippen LogP contribution < -0.4 is 0 Å². The summed E-state index contributed by atoms with van der Waals surface area (Å²) in [4.78, 5) is 0. The number of methoxy groups -OCH3 is 1. The SMILES string of the molecule is CC[C@H]1O[C@H](OC)/C(=N\[S+]([O-])C(C)(C)C)[C@@H]1C. The lowest BCUT2D eigenvalue weighted by molar-refractivity contribution is -0.0938. The zero-order valence-corrected chi connectivity index (χ0v) is 12.3. The largest absolute Gasteiger partial charge is 0.591 e. The van der Waals surface area contributed by atoms with E-state index in [0.717, 1.165) is 12.1 Å². The molecule has 0 amide bonds. The number of nitrogens with zero attached hydrogens (tertiary/aromatic N) is 1. The quantitative estimate of drug-likeness (QED) is 0.733. The molecule has 17 heavy (non-hydrogen) atoms. The molecule has 4 atom stereocenters. The molecule has 1 aliphatic heterocycles. The van der Waals surface area contributed by atoms with E-state index >= 15 is 0 Å². The van der Waals surface area contributed by atoms with Crippen LogP contribution in [0.4, 0.5) is 0 Å². The van der Waals surface area contributed by atoms with E-state index in [1.54, 1.807) is 7.11 Å². The van der Waals surface area contributed by atoms with Crippen molar-refractivity contribution < 1.29 is 14.0 Å². The first-order valence-electron chi connectivity index (χ1n) is 6.00.